The minimum atomic E-state index is -0.537. The summed E-state index contributed by atoms with van der Waals surface area (Å²) in [6.07, 6.45) is 2.87. The molecule has 8 nitrogen and oxygen atoms in total. The highest BCUT2D eigenvalue weighted by atomic mass is 16.6. The van der Waals surface area contributed by atoms with Crippen LogP contribution in [-0.2, 0) is 0 Å². The fourth-order valence-electron chi connectivity index (χ4n) is 2.28. The lowest BCUT2D eigenvalue weighted by atomic mass is 10.1. The van der Waals surface area contributed by atoms with Crippen LogP contribution in [0.3, 0.4) is 0 Å². The quantitative estimate of drug-likeness (QED) is 0.524. The lowest BCUT2D eigenvalue weighted by molar-refractivity contribution is -0.384. The van der Waals surface area contributed by atoms with Gasteiger partial charge in [-0.3, -0.25) is 10.1 Å². The predicted molar refractivity (Wildman–Crippen MR) is 93.8 cm³/mol. The second-order valence-corrected chi connectivity index (χ2v) is 5.29. The van der Waals surface area contributed by atoms with Crippen molar-refractivity contribution >= 4 is 11.5 Å². The lowest BCUT2D eigenvalue weighted by Gasteiger charge is -2.13. The Labute approximate surface area is 143 Å². The average Bonchev–Trinajstić information content (AvgIpc) is 2.67. The van der Waals surface area contributed by atoms with Gasteiger partial charge in [0.2, 0.25) is 0 Å². The van der Waals surface area contributed by atoms with Crippen LogP contribution in [0.4, 0.5) is 11.5 Å². The van der Waals surface area contributed by atoms with Crippen LogP contribution in [0, 0.1) is 10.1 Å². The molecule has 8 heteroatoms. The third-order valence-corrected chi connectivity index (χ3v) is 3.53. The van der Waals surface area contributed by atoms with Gasteiger partial charge in [-0.2, -0.15) is 0 Å². The maximum atomic E-state index is 11.3. The zero-order valence-electron chi connectivity index (χ0n) is 13.2. The number of nitrogens with two attached hydrogens (primary N) is 1. The molecule has 0 saturated heterocycles. The first kappa shape index (κ1) is 16.5. The number of nitro groups is 1. The van der Waals surface area contributed by atoms with Crippen molar-refractivity contribution in [3.05, 3.63) is 76.9 Å². The average molecular weight is 336 g/mol. The first-order valence-corrected chi connectivity index (χ1v) is 7.62. The van der Waals surface area contributed by atoms with E-state index in [0.717, 1.165) is 0 Å². The number of anilines is 1. The molecule has 1 atom stereocenters. The van der Waals surface area contributed by atoms with E-state index in [1.807, 2.05) is 24.3 Å². The van der Waals surface area contributed by atoms with Crippen LogP contribution in [0.2, 0.25) is 0 Å². The van der Waals surface area contributed by atoms with Gasteiger partial charge in [0.15, 0.2) is 5.69 Å². The summed E-state index contributed by atoms with van der Waals surface area (Å²) in [5.74, 6) is 1.01. The molecule has 1 unspecified atom stereocenters. The van der Waals surface area contributed by atoms with Crippen LogP contribution in [0.15, 0.2) is 60.9 Å². The SMILES string of the molecule is NC(CNc1ccccn1)c1ncc([N+](=O)[O-])c(-c2ccccc2)n1. The van der Waals surface area contributed by atoms with E-state index in [9.17, 15) is 10.1 Å². The van der Waals surface area contributed by atoms with Gasteiger partial charge in [-0.05, 0) is 12.1 Å². The Kier molecular flexibility index (Phi) is 4.91. The van der Waals surface area contributed by atoms with Crippen molar-refractivity contribution in [1.29, 1.82) is 0 Å². The predicted octanol–water partition coefficient (Wildman–Crippen LogP) is 2.56. The highest BCUT2D eigenvalue weighted by Gasteiger charge is 2.21. The normalized spacial score (nSPS) is 11.7. The molecule has 0 saturated carbocycles. The van der Waals surface area contributed by atoms with Crippen molar-refractivity contribution in [2.24, 2.45) is 5.73 Å². The van der Waals surface area contributed by atoms with E-state index in [-0.39, 0.29) is 11.4 Å². The summed E-state index contributed by atoms with van der Waals surface area (Å²) in [6, 6.07) is 13.9. The molecule has 0 spiro atoms. The smallest absolute Gasteiger partial charge is 0.313 e. The van der Waals surface area contributed by atoms with Crippen molar-refractivity contribution in [1.82, 2.24) is 15.0 Å². The molecular weight excluding hydrogens is 320 g/mol. The molecule has 25 heavy (non-hydrogen) atoms. The third-order valence-electron chi connectivity index (χ3n) is 3.53. The Morgan fingerprint density at radius 2 is 1.88 bits per heavy atom. The largest absolute Gasteiger partial charge is 0.368 e. The van der Waals surface area contributed by atoms with Crippen molar-refractivity contribution in [2.45, 2.75) is 6.04 Å². The van der Waals surface area contributed by atoms with Gasteiger partial charge in [0.05, 0.1) is 11.0 Å². The van der Waals surface area contributed by atoms with Crippen LogP contribution >= 0.6 is 0 Å². The minimum Gasteiger partial charge on any atom is -0.368 e. The Morgan fingerprint density at radius 3 is 2.56 bits per heavy atom. The summed E-state index contributed by atoms with van der Waals surface area (Å²) in [4.78, 5) is 23.3. The topological polar surface area (TPSA) is 120 Å². The second-order valence-electron chi connectivity index (χ2n) is 5.29. The maximum Gasteiger partial charge on any atom is 0.313 e. The molecule has 0 radical (unpaired) electrons. The Morgan fingerprint density at radius 1 is 1.12 bits per heavy atom. The summed E-state index contributed by atoms with van der Waals surface area (Å²) in [7, 11) is 0. The number of benzene rings is 1. The van der Waals surface area contributed by atoms with Gasteiger partial charge >= 0.3 is 5.69 Å². The summed E-state index contributed by atoms with van der Waals surface area (Å²) < 4.78 is 0. The lowest BCUT2D eigenvalue weighted by Crippen LogP contribution is -2.23. The Hall–Kier alpha value is -3.39. The molecule has 0 aliphatic carbocycles. The number of rotatable bonds is 6. The Bertz CT molecular complexity index is 858. The fourth-order valence-corrected chi connectivity index (χ4v) is 2.28. The van der Waals surface area contributed by atoms with Crippen LogP contribution in [0.25, 0.3) is 11.3 Å². The maximum absolute atomic E-state index is 11.3. The van der Waals surface area contributed by atoms with Crippen LogP contribution < -0.4 is 11.1 Å². The zero-order valence-corrected chi connectivity index (χ0v) is 13.2. The fraction of sp³-hybridized carbons (Fsp3) is 0.118. The van der Waals surface area contributed by atoms with Crippen molar-refractivity contribution in [2.75, 3.05) is 11.9 Å². The summed E-state index contributed by atoms with van der Waals surface area (Å²) >= 11 is 0. The first-order chi connectivity index (χ1) is 12.1. The molecule has 2 heterocycles. The summed E-state index contributed by atoms with van der Waals surface area (Å²) in [5, 5.41) is 14.4. The highest BCUT2D eigenvalue weighted by Crippen LogP contribution is 2.27. The molecule has 0 fully saturated rings. The standard InChI is InChI=1S/C17H16N6O2/c18-13(10-20-15-8-4-5-9-19-15)17-21-11-14(23(24)25)16(22-17)12-6-2-1-3-7-12/h1-9,11,13H,10,18H2,(H,19,20). The van der Waals surface area contributed by atoms with E-state index in [4.69, 9.17) is 5.73 Å². The second kappa shape index (κ2) is 7.45. The number of hydrogen-bond donors (Lipinski definition) is 2. The monoisotopic (exact) mass is 336 g/mol. The third kappa shape index (κ3) is 3.93. The molecule has 0 bridgehead atoms. The van der Waals surface area contributed by atoms with E-state index >= 15 is 0 Å². The van der Waals surface area contributed by atoms with Gasteiger partial charge in [-0.1, -0.05) is 36.4 Å². The number of nitrogens with one attached hydrogen (secondary N) is 1. The van der Waals surface area contributed by atoms with E-state index in [2.05, 4.69) is 20.3 Å². The summed E-state index contributed by atoms with van der Waals surface area (Å²) in [6.45, 7) is 0.350. The van der Waals surface area contributed by atoms with Gasteiger partial charge in [0.1, 0.15) is 17.8 Å². The molecule has 0 aliphatic rings. The molecule has 3 rings (SSSR count). The van der Waals surface area contributed by atoms with Gasteiger partial charge < -0.3 is 11.1 Å². The van der Waals surface area contributed by atoms with Gasteiger partial charge in [0, 0.05) is 18.3 Å². The molecule has 3 aromatic rings. The number of aromatic nitrogens is 3. The molecule has 2 aromatic heterocycles. The summed E-state index contributed by atoms with van der Waals surface area (Å²) in [5.41, 5.74) is 6.87. The molecule has 0 aliphatic heterocycles. The molecule has 126 valence electrons. The van der Waals surface area contributed by atoms with Crippen molar-refractivity contribution in [3.63, 3.8) is 0 Å². The Balaban J connectivity index is 1.85. The minimum absolute atomic E-state index is 0.153. The van der Waals surface area contributed by atoms with Crippen molar-refractivity contribution in [3.8, 4) is 11.3 Å². The molecule has 0 amide bonds. The van der Waals surface area contributed by atoms with E-state index in [0.29, 0.717) is 23.8 Å². The number of nitrogens with zero attached hydrogens (tertiary/aromatic N) is 4. The zero-order chi connectivity index (χ0) is 17.6. The number of hydrogen-bond acceptors (Lipinski definition) is 7. The van der Waals surface area contributed by atoms with Crippen LogP contribution in [0.5, 0.6) is 0 Å². The van der Waals surface area contributed by atoms with E-state index in [1.165, 1.54) is 6.20 Å². The van der Waals surface area contributed by atoms with Gasteiger partial charge in [-0.25, -0.2) is 15.0 Å². The number of pyridine rings is 1. The molecular formula is C17H16N6O2. The van der Waals surface area contributed by atoms with Gasteiger partial charge in [0.25, 0.3) is 0 Å². The van der Waals surface area contributed by atoms with Crippen LogP contribution in [0.1, 0.15) is 11.9 Å². The molecule has 1 aromatic carbocycles. The van der Waals surface area contributed by atoms with E-state index < -0.39 is 11.0 Å². The van der Waals surface area contributed by atoms with Crippen molar-refractivity contribution < 1.29 is 4.92 Å². The van der Waals surface area contributed by atoms with Gasteiger partial charge in [-0.15, -0.1) is 0 Å². The first-order valence-electron chi connectivity index (χ1n) is 7.62. The van der Waals surface area contributed by atoms with E-state index in [1.54, 1.807) is 30.5 Å². The molecule has 3 N–H and O–H groups in total. The highest BCUT2D eigenvalue weighted by molar-refractivity contribution is 5.68. The van der Waals surface area contributed by atoms with Crippen LogP contribution in [-0.4, -0.2) is 26.4 Å².